The maximum absolute atomic E-state index is 11.8. The number of hydrogen-bond acceptors (Lipinski definition) is 3. The molecule has 1 heterocycles. The second-order valence-electron chi connectivity index (χ2n) is 7.40. The molecule has 1 saturated heterocycles. The Morgan fingerprint density at radius 3 is 2.45 bits per heavy atom. The SMILES string of the molecule is CN=C(NCCc1cccc(C(=O)NC)c1)N1CCN(Cc2cccc(Cl)c2)CC1.I. The molecule has 168 valence electrons. The van der Waals surface area contributed by atoms with Gasteiger partial charge in [-0.3, -0.25) is 14.7 Å². The molecule has 0 bridgehead atoms. The van der Waals surface area contributed by atoms with Gasteiger partial charge in [0.1, 0.15) is 0 Å². The Kier molecular flexibility index (Phi) is 10.6. The molecular weight excluding hydrogens is 525 g/mol. The van der Waals surface area contributed by atoms with Crippen LogP contribution in [0, 0.1) is 0 Å². The van der Waals surface area contributed by atoms with Gasteiger partial charge < -0.3 is 15.5 Å². The van der Waals surface area contributed by atoms with Crippen molar-refractivity contribution in [1.82, 2.24) is 20.4 Å². The maximum Gasteiger partial charge on any atom is 0.251 e. The number of halogens is 2. The van der Waals surface area contributed by atoms with Gasteiger partial charge in [0, 0.05) is 63.9 Å². The largest absolute Gasteiger partial charge is 0.356 e. The zero-order valence-electron chi connectivity index (χ0n) is 18.1. The van der Waals surface area contributed by atoms with Crippen molar-refractivity contribution < 1.29 is 4.79 Å². The Bertz CT molecular complexity index is 884. The predicted octanol–water partition coefficient (Wildman–Crippen LogP) is 3.25. The van der Waals surface area contributed by atoms with Crippen LogP contribution in [0.25, 0.3) is 0 Å². The molecule has 0 aliphatic carbocycles. The lowest BCUT2D eigenvalue weighted by molar-refractivity contribution is 0.0963. The van der Waals surface area contributed by atoms with Crippen LogP contribution in [-0.4, -0.2) is 68.5 Å². The molecule has 31 heavy (non-hydrogen) atoms. The highest BCUT2D eigenvalue weighted by molar-refractivity contribution is 14.0. The van der Waals surface area contributed by atoms with E-state index in [1.165, 1.54) is 5.56 Å². The Morgan fingerprint density at radius 1 is 1.06 bits per heavy atom. The van der Waals surface area contributed by atoms with Crippen molar-refractivity contribution in [3.63, 3.8) is 0 Å². The number of piperazine rings is 1. The molecule has 3 rings (SSSR count). The van der Waals surface area contributed by atoms with Crippen LogP contribution < -0.4 is 10.6 Å². The zero-order valence-corrected chi connectivity index (χ0v) is 21.2. The summed E-state index contributed by atoms with van der Waals surface area (Å²) in [6.45, 7) is 5.54. The van der Waals surface area contributed by atoms with Crippen molar-refractivity contribution in [3.05, 3.63) is 70.2 Å². The van der Waals surface area contributed by atoms with E-state index in [1.54, 1.807) is 7.05 Å². The summed E-state index contributed by atoms with van der Waals surface area (Å²) in [6, 6.07) is 15.8. The number of benzene rings is 2. The van der Waals surface area contributed by atoms with Gasteiger partial charge in [-0.15, -0.1) is 24.0 Å². The Balaban J connectivity index is 0.00000341. The lowest BCUT2D eigenvalue weighted by Gasteiger charge is -2.36. The van der Waals surface area contributed by atoms with E-state index in [4.69, 9.17) is 11.6 Å². The molecule has 1 fully saturated rings. The summed E-state index contributed by atoms with van der Waals surface area (Å²) in [5.41, 5.74) is 3.07. The fraction of sp³-hybridized carbons (Fsp3) is 0.391. The number of amides is 1. The van der Waals surface area contributed by atoms with Crippen LogP contribution in [0.5, 0.6) is 0 Å². The van der Waals surface area contributed by atoms with Crippen LogP contribution in [0.15, 0.2) is 53.5 Å². The molecule has 1 amide bonds. The quantitative estimate of drug-likeness (QED) is 0.326. The van der Waals surface area contributed by atoms with Crippen LogP contribution in [-0.2, 0) is 13.0 Å². The molecule has 0 saturated carbocycles. The van der Waals surface area contributed by atoms with Crippen molar-refractivity contribution in [2.45, 2.75) is 13.0 Å². The van der Waals surface area contributed by atoms with E-state index in [-0.39, 0.29) is 29.9 Å². The van der Waals surface area contributed by atoms with Gasteiger partial charge in [-0.05, 0) is 41.8 Å². The highest BCUT2D eigenvalue weighted by atomic mass is 127. The molecule has 0 aromatic heterocycles. The van der Waals surface area contributed by atoms with Crippen molar-refractivity contribution >= 4 is 47.4 Å². The molecule has 6 nitrogen and oxygen atoms in total. The molecule has 2 aromatic rings. The zero-order chi connectivity index (χ0) is 21.3. The third-order valence-electron chi connectivity index (χ3n) is 5.29. The molecule has 8 heteroatoms. The number of carbonyl (C=O) groups is 1. The highest BCUT2D eigenvalue weighted by Crippen LogP contribution is 2.14. The van der Waals surface area contributed by atoms with Crippen molar-refractivity contribution in [3.8, 4) is 0 Å². The number of carbonyl (C=O) groups excluding carboxylic acids is 1. The highest BCUT2D eigenvalue weighted by Gasteiger charge is 2.19. The van der Waals surface area contributed by atoms with Gasteiger partial charge >= 0.3 is 0 Å². The Labute approximate surface area is 207 Å². The smallest absolute Gasteiger partial charge is 0.251 e. The summed E-state index contributed by atoms with van der Waals surface area (Å²) < 4.78 is 0. The summed E-state index contributed by atoms with van der Waals surface area (Å²) in [5.74, 6) is 0.871. The lowest BCUT2D eigenvalue weighted by Crippen LogP contribution is -2.52. The first-order valence-electron chi connectivity index (χ1n) is 10.3. The van der Waals surface area contributed by atoms with E-state index >= 15 is 0 Å². The van der Waals surface area contributed by atoms with Crippen molar-refractivity contribution in [2.75, 3.05) is 46.8 Å². The van der Waals surface area contributed by atoms with Crippen LogP contribution in [0.1, 0.15) is 21.5 Å². The summed E-state index contributed by atoms with van der Waals surface area (Å²) >= 11 is 6.10. The minimum absolute atomic E-state index is 0. The monoisotopic (exact) mass is 555 g/mol. The summed E-state index contributed by atoms with van der Waals surface area (Å²) in [5, 5.41) is 6.92. The second-order valence-corrected chi connectivity index (χ2v) is 7.83. The molecule has 0 radical (unpaired) electrons. The van der Waals surface area contributed by atoms with Gasteiger partial charge in [-0.1, -0.05) is 35.9 Å². The topological polar surface area (TPSA) is 60.0 Å². The van der Waals surface area contributed by atoms with Crippen LogP contribution in [0.2, 0.25) is 5.02 Å². The van der Waals surface area contributed by atoms with E-state index in [0.717, 1.165) is 62.2 Å². The molecule has 2 aromatic carbocycles. The second kappa shape index (κ2) is 12.9. The fourth-order valence-electron chi connectivity index (χ4n) is 3.67. The number of aliphatic imine (C=N–C) groups is 1. The third-order valence-corrected chi connectivity index (χ3v) is 5.53. The maximum atomic E-state index is 11.8. The van der Waals surface area contributed by atoms with Gasteiger partial charge in [0.2, 0.25) is 0 Å². The molecule has 2 N–H and O–H groups in total. The van der Waals surface area contributed by atoms with E-state index < -0.39 is 0 Å². The number of rotatable bonds is 6. The summed E-state index contributed by atoms with van der Waals surface area (Å²) in [4.78, 5) is 21.0. The summed E-state index contributed by atoms with van der Waals surface area (Å²) in [6.07, 6.45) is 0.832. The van der Waals surface area contributed by atoms with Crippen LogP contribution >= 0.6 is 35.6 Å². The standard InChI is InChI=1S/C23H30ClN5O.HI/c1-25-22(30)20-7-3-5-18(15-20)9-10-27-23(26-2)29-13-11-28(12-14-29)17-19-6-4-8-21(24)16-19;/h3-8,15-16H,9-14,17H2,1-2H3,(H,25,30)(H,26,27);1H. The first-order chi connectivity index (χ1) is 14.6. The predicted molar refractivity (Wildman–Crippen MR) is 139 cm³/mol. The number of nitrogens with zero attached hydrogens (tertiary/aromatic N) is 3. The Morgan fingerprint density at radius 2 is 1.77 bits per heavy atom. The fourth-order valence-corrected chi connectivity index (χ4v) is 3.89. The number of nitrogens with one attached hydrogen (secondary N) is 2. The number of hydrogen-bond donors (Lipinski definition) is 2. The van der Waals surface area contributed by atoms with Gasteiger partial charge in [0.25, 0.3) is 5.91 Å². The lowest BCUT2D eigenvalue weighted by atomic mass is 10.1. The van der Waals surface area contributed by atoms with E-state index in [1.807, 2.05) is 49.5 Å². The van der Waals surface area contributed by atoms with Gasteiger partial charge in [-0.25, -0.2) is 0 Å². The third kappa shape index (κ3) is 7.66. The Hall–Kier alpha value is -1.84. The molecule has 1 aliphatic heterocycles. The van der Waals surface area contributed by atoms with E-state index in [0.29, 0.717) is 5.56 Å². The molecule has 0 spiro atoms. The van der Waals surface area contributed by atoms with Crippen LogP contribution in [0.3, 0.4) is 0 Å². The molecule has 0 atom stereocenters. The first-order valence-corrected chi connectivity index (χ1v) is 10.7. The van der Waals surface area contributed by atoms with E-state index in [2.05, 4.69) is 31.5 Å². The average Bonchev–Trinajstić information content (AvgIpc) is 2.77. The molecule has 0 unspecified atom stereocenters. The first kappa shape index (κ1) is 25.4. The van der Waals surface area contributed by atoms with Gasteiger partial charge in [-0.2, -0.15) is 0 Å². The average molecular weight is 556 g/mol. The normalized spacial score (nSPS) is 14.7. The number of guanidine groups is 1. The van der Waals surface area contributed by atoms with E-state index in [9.17, 15) is 4.79 Å². The van der Waals surface area contributed by atoms with Crippen LogP contribution in [0.4, 0.5) is 0 Å². The van der Waals surface area contributed by atoms with Gasteiger partial charge in [0.05, 0.1) is 0 Å². The minimum Gasteiger partial charge on any atom is -0.356 e. The summed E-state index contributed by atoms with van der Waals surface area (Å²) in [7, 11) is 3.47. The van der Waals surface area contributed by atoms with Gasteiger partial charge in [0.15, 0.2) is 5.96 Å². The minimum atomic E-state index is -0.0590. The van der Waals surface area contributed by atoms with Crippen molar-refractivity contribution in [2.24, 2.45) is 4.99 Å². The van der Waals surface area contributed by atoms with Crippen molar-refractivity contribution in [1.29, 1.82) is 0 Å². The molecule has 1 aliphatic rings. The molecular formula is C23H31ClIN5O.